The number of rotatable bonds is 4. The van der Waals surface area contributed by atoms with Gasteiger partial charge in [0.25, 0.3) is 0 Å². The molecule has 0 heterocycles. The second kappa shape index (κ2) is 5.46. The van der Waals surface area contributed by atoms with Crippen molar-refractivity contribution in [3.05, 3.63) is 35.1 Å². The summed E-state index contributed by atoms with van der Waals surface area (Å²) in [6.45, 7) is 3.60. The molecular formula is C13H17F4NO. The lowest BCUT2D eigenvalue weighted by Gasteiger charge is -2.26. The molecule has 0 amide bonds. The second-order valence-electron chi connectivity index (χ2n) is 5.01. The fourth-order valence-corrected chi connectivity index (χ4v) is 1.72. The smallest absolute Gasteiger partial charge is 0.379 e. The van der Waals surface area contributed by atoms with Crippen molar-refractivity contribution >= 4 is 0 Å². The molecule has 19 heavy (non-hydrogen) atoms. The summed E-state index contributed by atoms with van der Waals surface area (Å²) in [5.74, 6) is -1.31. The highest BCUT2D eigenvalue weighted by atomic mass is 19.4. The van der Waals surface area contributed by atoms with E-state index in [1.165, 1.54) is 13.2 Å². The molecule has 0 aliphatic rings. The van der Waals surface area contributed by atoms with E-state index in [9.17, 15) is 17.6 Å². The van der Waals surface area contributed by atoms with Crippen molar-refractivity contribution in [2.45, 2.75) is 38.1 Å². The highest BCUT2D eigenvalue weighted by Crippen LogP contribution is 2.33. The minimum Gasteiger partial charge on any atom is -0.379 e. The van der Waals surface area contributed by atoms with E-state index < -0.39 is 29.2 Å². The Morgan fingerprint density at radius 2 is 1.84 bits per heavy atom. The number of ether oxygens (including phenoxy) is 1. The highest BCUT2D eigenvalue weighted by Gasteiger charge is 2.34. The summed E-state index contributed by atoms with van der Waals surface area (Å²) < 4.78 is 55.8. The minimum atomic E-state index is -4.70. The van der Waals surface area contributed by atoms with E-state index in [4.69, 9.17) is 10.5 Å². The summed E-state index contributed by atoms with van der Waals surface area (Å²) in [6, 6.07) is 2.15. The predicted molar refractivity (Wildman–Crippen MR) is 64.0 cm³/mol. The average molecular weight is 279 g/mol. The minimum absolute atomic E-state index is 0.315. The van der Waals surface area contributed by atoms with E-state index >= 15 is 0 Å². The Kier molecular flexibility index (Phi) is 4.58. The van der Waals surface area contributed by atoms with Crippen molar-refractivity contribution in [3.63, 3.8) is 0 Å². The van der Waals surface area contributed by atoms with E-state index in [0.717, 1.165) is 6.07 Å². The molecule has 1 atom stereocenters. The van der Waals surface area contributed by atoms with Crippen LogP contribution < -0.4 is 5.73 Å². The maximum atomic E-state index is 13.4. The molecule has 1 unspecified atom stereocenters. The van der Waals surface area contributed by atoms with E-state index in [2.05, 4.69) is 0 Å². The van der Waals surface area contributed by atoms with Crippen LogP contribution in [0.2, 0.25) is 0 Å². The summed E-state index contributed by atoms with van der Waals surface area (Å²) >= 11 is 0. The first-order valence-corrected chi connectivity index (χ1v) is 5.74. The van der Waals surface area contributed by atoms with Crippen LogP contribution in [0.3, 0.4) is 0 Å². The first-order chi connectivity index (χ1) is 8.57. The Hall–Kier alpha value is -1.14. The maximum Gasteiger partial charge on any atom is 0.419 e. The number of hydrogen-bond acceptors (Lipinski definition) is 2. The van der Waals surface area contributed by atoms with Crippen molar-refractivity contribution in [2.75, 3.05) is 7.11 Å². The summed E-state index contributed by atoms with van der Waals surface area (Å²) in [6.07, 6.45) is -4.33. The molecular weight excluding hydrogens is 262 g/mol. The van der Waals surface area contributed by atoms with Gasteiger partial charge < -0.3 is 10.5 Å². The van der Waals surface area contributed by atoms with E-state index in [1.54, 1.807) is 13.8 Å². The number of hydrogen-bond donors (Lipinski definition) is 1. The van der Waals surface area contributed by atoms with Gasteiger partial charge in [0, 0.05) is 13.2 Å². The SMILES string of the molecule is COC(C)(C)CC(N)c1ccc(C(F)(F)F)c(F)c1. The maximum absolute atomic E-state index is 13.4. The number of halogens is 4. The van der Waals surface area contributed by atoms with Crippen LogP contribution in [0.1, 0.15) is 37.4 Å². The van der Waals surface area contributed by atoms with Crippen molar-refractivity contribution < 1.29 is 22.3 Å². The first-order valence-electron chi connectivity index (χ1n) is 5.74. The van der Waals surface area contributed by atoms with Crippen LogP contribution in [0, 0.1) is 5.82 Å². The van der Waals surface area contributed by atoms with Crippen LogP contribution in [-0.4, -0.2) is 12.7 Å². The Balaban J connectivity index is 2.95. The van der Waals surface area contributed by atoms with Gasteiger partial charge in [0.1, 0.15) is 5.82 Å². The zero-order valence-electron chi connectivity index (χ0n) is 11.0. The molecule has 0 fully saturated rings. The molecule has 0 radical (unpaired) electrons. The van der Waals surface area contributed by atoms with Gasteiger partial charge in [-0.15, -0.1) is 0 Å². The first kappa shape index (κ1) is 15.9. The molecule has 1 aromatic carbocycles. The summed E-state index contributed by atoms with van der Waals surface area (Å²) in [7, 11) is 1.51. The normalized spacial score (nSPS) is 14.5. The summed E-state index contributed by atoms with van der Waals surface area (Å²) in [4.78, 5) is 0. The quantitative estimate of drug-likeness (QED) is 0.854. The monoisotopic (exact) mass is 279 g/mol. The Morgan fingerprint density at radius 1 is 1.26 bits per heavy atom. The molecule has 2 nitrogen and oxygen atoms in total. The van der Waals surface area contributed by atoms with Gasteiger partial charge in [-0.05, 0) is 38.0 Å². The van der Waals surface area contributed by atoms with Gasteiger partial charge in [-0.1, -0.05) is 6.07 Å². The van der Waals surface area contributed by atoms with Crippen molar-refractivity contribution in [1.29, 1.82) is 0 Å². The molecule has 1 aromatic rings. The van der Waals surface area contributed by atoms with Gasteiger partial charge in [-0.25, -0.2) is 4.39 Å². The molecule has 0 aliphatic heterocycles. The van der Waals surface area contributed by atoms with Gasteiger partial charge in [-0.3, -0.25) is 0 Å². The third kappa shape index (κ3) is 4.18. The van der Waals surface area contributed by atoms with E-state index in [-0.39, 0.29) is 0 Å². The summed E-state index contributed by atoms with van der Waals surface area (Å²) in [5, 5.41) is 0. The van der Waals surface area contributed by atoms with Crippen LogP contribution in [0.15, 0.2) is 18.2 Å². The molecule has 0 bridgehead atoms. The molecule has 0 aromatic heterocycles. The van der Waals surface area contributed by atoms with Gasteiger partial charge >= 0.3 is 6.18 Å². The lowest BCUT2D eigenvalue weighted by molar-refractivity contribution is -0.140. The van der Waals surface area contributed by atoms with E-state index in [0.29, 0.717) is 18.1 Å². The second-order valence-corrected chi connectivity index (χ2v) is 5.01. The van der Waals surface area contributed by atoms with E-state index in [1.807, 2.05) is 0 Å². The van der Waals surface area contributed by atoms with Crippen molar-refractivity contribution in [1.82, 2.24) is 0 Å². The molecule has 108 valence electrons. The highest BCUT2D eigenvalue weighted by molar-refractivity contribution is 5.28. The Labute approximate surface area is 109 Å². The largest absolute Gasteiger partial charge is 0.419 e. The average Bonchev–Trinajstić information content (AvgIpc) is 2.26. The van der Waals surface area contributed by atoms with Gasteiger partial charge in [-0.2, -0.15) is 13.2 Å². The van der Waals surface area contributed by atoms with Crippen molar-refractivity contribution in [3.8, 4) is 0 Å². The topological polar surface area (TPSA) is 35.2 Å². The molecule has 0 aliphatic carbocycles. The molecule has 6 heteroatoms. The van der Waals surface area contributed by atoms with Crippen LogP contribution in [0.4, 0.5) is 17.6 Å². The molecule has 0 saturated heterocycles. The zero-order valence-corrected chi connectivity index (χ0v) is 11.0. The summed E-state index contributed by atoms with van der Waals surface area (Å²) in [5.41, 5.74) is 4.36. The van der Waals surface area contributed by atoms with Gasteiger partial charge in [0.2, 0.25) is 0 Å². The lowest BCUT2D eigenvalue weighted by Crippen LogP contribution is -2.28. The number of alkyl halides is 3. The zero-order chi connectivity index (χ0) is 14.8. The molecule has 0 saturated carbocycles. The van der Waals surface area contributed by atoms with Crippen LogP contribution >= 0.6 is 0 Å². The Bertz CT molecular complexity index is 443. The Morgan fingerprint density at radius 3 is 2.26 bits per heavy atom. The molecule has 2 N–H and O–H groups in total. The fraction of sp³-hybridized carbons (Fsp3) is 0.538. The lowest BCUT2D eigenvalue weighted by atomic mass is 9.93. The predicted octanol–water partition coefficient (Wildman–Crippen LogP) is 3.66. The van der Waals surface area contributed by atoms with Crippen molar-refractivity contribution in [2.24, 2.45) is 5.73 Å². The van der Waals surface area contributed by atoms with Crippen LogP contribution in [0.5, 0.6) is 0 Å². The van der Waals surface area contributed by atoms with Crippen LogP contribution in [-0.2, 0) is 10.9 Å². The number of methoxy groups -OCH3 is 1. The third-order valence-electron chi connectivity index (χ3n) is 2.99. The number of nitrogens with two attached hydrogens (primary N) is 1. The van der Waals surface area contributed by atoms with Gasteiger partial charge in [0.05, 0.1) is 11.2 Å². The van der Waals surface area contributed by atoms with Crippen LogP contribution in [0.25, 0.3) is 0 Å². The standard InChI is InChI=1S/C13H17F4NO/c1-12(2,19-3)7-11(18)8-4-5-9(10(14)6-8)13(15,16)17/h4-6,11H,7,18H2,1-3H3. The van der Waals surface area contributed by atoms with Gasteiger partial charge in [0.15, 0.2) is 0 Å². The molecule has 1 rings (SSSR count). The fourth-order valence-electron chi connectivity index (χ4n) is 1.72. The number of benzene rings is 1. The third-order valence-corrected chi connectivity index (χ3v) is 2.99. The molecule has 0 spiro atoms.